The molecule has 0 spiro atoms. The minimum absolute atomic E-state index is 0.220. The van der Waals surface area contributed by atoms with E-state index in [-0.39, 0.29) is 17.9 Å². The van der Waals surface area contributed by atoms with Gasteiger partial charge in [-0.2, -0.15) is 0 Å². The molecule has 1 unspecified atom stereocenters. The first-order valence-corrected chi connectivity index (χ1v) is 7.21. The molecular weight excluding hydrogens is 282 g/mol. The number of rotatable bonds is 2. The molecule has 22 heavy (non-hydrogen) atoms. The van der Waals surface area contributed by atoms with E-state index in [2.05, 4.69) is 10.3 Å². The van der Waals surface area contributed by atoms with E-state index < -0.39 is 11.9 Å². The number of carbonyl (C=O) groups excluding carboxylic acids is 2. The van der Waals surface area contributed by atoms with E-state index in [1.165, 1.54) is 4.57 Å². The van der Waals surface area contributed by atoms with Gasteiger partial charge in [0.15, 0.2) is 0 Å². The van der Waals surface area contributed by atoms with E-state index in [4.69, 9.17) is 0 Å². The molecule has 2 heterocycles. The molecule has 1 saturated heterocycles. The molecule has 1 aliphatic rings. The molecular formula is C16H19N3O3. The van der Waals surface area contributed by atoms with Crippen LogP contribution >= 0.6 is 0 Å². The van der Waals surface area contributed by atoms with Gasteiger partial charge >= 0.3 is 0 Å². The van der Waals surface area contributed by atoms with Crippen LogP contribution in [0.2, 0.25) is 0 Å². The summed E-state index contributed by atoms with van der Waals surface area (Å²) in [6.45, 7) is 5.36. The molecule has 0 aromatic carbocycles. The van der Waals surface area contributed by atoms with Gasteiger partial charge in [0.05, 0.1) is 10.6 Å². The monoisotopic (exact) mass is 301 g/mol. The molecule has 116 valence electrons. The third-order valence-corrected chi connectivity index (χ3v) is 3.61. The van der Waals surface area contributed by atoms with E-state index in [0.29, 0.717) is 22.8 Å². The van der Waals surface area contributed by atoms with E-state index in [0.717, 1.165) is 0 Å². The van der Waals surface area contributed by atoms with Gasteiger partial charge in [0.25, 0.3) is 5.56 Å². The van der Waals surface area contributed by atoms with Gasteiger partial charge in [0, 0.05) is 6.42 Å². The van der Waals surface area contributed by atoms with Crippen molar-refractivity contribution in [2.45, 2.75) is 39.7 Å². The second-order valence-corrected chi connectivity index (χ2v) is 5.08. The van der Waals surface area contributed by atoms with E-state index in [1.54, 1.807) is 25.2 Å². The number of imide groups is 1. The highest BCUT2D eigenvalue weighted by molar-refractivity contribution is 5.99. The number of hydrogen-bond acceptors (Lipinski definition) is 4. The predicted molar refractivity (Wildman–Crippen MR) is 83.3 cm³/mol. The maximum atomic E-state index is 12.8. The van der Waals surface area contributed by atoms with Crippen LogP contribution < -0.4 is 21.4 Å². The fraction of sp³-hybridized carbons (Fsp3) is 0.375. The van der Waals surface area contributed by atoms with Crippen LogP contribution in [0.3, 0.4) is 0 Å². The second kappa shape index (κ2) is 6.51. The molecule has 6 heteroatoms. The molecule has 6 nitrogen and oxygen atoms in total. The lowest BCUT2D eigenvalue weighted by atomic mass is 10.1. The highest BCUT2D eigenvalue weighted by atomic mass is 16.2. The van der Waals surface area contributed by atoms with Gasteiger partial charge in [-0.15, -0.1) is 0 Å². The molecule has 1 aliphatic heterocycles. The lowest BCUT2D eigenvalue weighted by Crippen LogP contribution is -2.52. The quantitative estimate of drug-likeness (QED) is 0.760. The molecule has 0 bridgehead atoms. The van der Waals surface area contributed by atoms with Crippen LogP contribution in [0.25, 0.3) is 12.2 Å². The number of nitrogens with one attached hydrogen (secondary N) is 1. The fourth-order valence-corrected chi connectivity index (χ4v) is 2.54. The SMILES string of the molecule is C\C=C/C=c1/c(=O)n(C2CCC(=O)NC2=O)c(C)n/c1=C/C. The number of carbonyl (C=O) groups is 2. The molecule has 1 atom stereocenters. The predicted octanol–water partition coefficient (Wildman–Crippen LogP) is -0.314. The summed E-state index contributed by atoms with van der Waals surface area (Å²) in [5.41, 5.74) is -0.270. The number of piperidine rings is 1. The summed E-state index contributed by atoms with van der Waals surface area (Å²) in [5, 5.41) is 3.30. The number of amides is 2. The minimum Gasteiger partial charge on any atom is -0.295 e. The first-order valence-electron chi connectivity index (χ1n) is 7.21. The smallest absolute Gasteiger partial charge is 0.262 e. The van der Waals surface area contributed by atoms with Crippen LogP contribution in [0.5, 0.6) is 0 Å². The second-order valence-electron chi connectivity index (χ2n) is 5.08. The Hall–Kier alpha value is -2.50. The molecule has 1 N–H and O–H groups in total. The maximum absolute atomic E-state index is 12.8. The Morgan fingerprint density at radius 3 is 2.59 bits per heavy atom. The number of aromatic nitrogens is 2. The van der Waals surface area contributed by atoms with Crippen LogP contribution in [0.4, 0.5) is 0 Å². The summed E-state index contributed by atoms with van der Waals surface area (Å²) in [5.74, 6) is -0.294. The van der Waals surface area contributed by atoms with Crippen LogP contribution in [0.1, 0.15) is 38.6 Å². The first-order chi connectivity index (χ1) is 10.5. The summed E-state index contributed by atoms with van der Waals surface area (Å²) in [4.78, 5) is 40.5. The summed E-state index contributed by atoms with van der Waals surface area (Å²) < 4.78 is 1.38. The van der Waals surface area contributed by atoms with Gasteiger partial charge in [0.1, 0.15) is 11.9 Å². The van der Waals surface area contributed by atoms with Crippen molar-refractivity contribution in [1.82, 2.24) is 14.9 Å². The number of nitrogens with zero attached hydrogens (tertiary/aromatic N) is 2. The molecule has 2 amide bonds. The lowest BCUT2D eigenvalue weighted by molar-refractivity contribution is -0.135. The average Bonchev–Trinajstić information content (AvgIpc) is 2.48. The van der Waals surface area contributed by atoms with Gasteiger partial charge in [-0.3, -0.25) is 24.3 Å². The zero-order valence-electron chi connectivity index (χ0n) is 12.9. The lowest BCUT2D eigenvalue weighted by Gasteiger charge is -2.24. The Kier molecular flexibility index (Phi) is 4.70. The summed E-state index contributed by atoms with van der Waals surface area (Å²) in [6, 6.07) is -0.693. The van der Waals surface area contributed by atoms with Crippen molar-refractivity contribution < 1.29 is 9.59 Å². The minimum atomic E-state index is -0.693. The van der Waals surface area contributed by atoms with Crippen LogP contribution in [-0.4, -0.2) is 21.4 Å². The highest BCUT2D eigenvalue weighted by Crippen LogP contribution is 2.16. The Labute approximate surface area is 127 Å². The molecule has 1 aromatic heterocycles. The van der Waals surface area contributed by atoms with Gasteiger partial charge in [-0.1, -0.05) is 18.2 Å². The maximum Gasteiger partial charge on any atom is 0.262 e. The normalized spacial score (nSPS) is 20.8. The number of allylic oxidation sites excluding steroid dienone is 2. The van der Waals surface area contributed by atoms with Crippen molar-refractivity contribution in [3.63, 3.8) is 0 Å². The van der Waals surface area contributed by atoms with Crippen molar-refractivity contribution in [2.24, 2.45) is 0 Å². The van der Waals surface area contributed by atoms with Crippen molar-refractivity contribution >= 4 is 24.0 Å². The zero-order chi connectivity index (χ0) is 16.3. The van der Waals surface area contributed by atoms with Crippen LogP contribution in [0.15, 0.2) is 16.9 Å². The fourth-order valence-electron chi connectivity index (χ4n) is 2.54. The van der Waals surface area contributed by atoms with Crippen molar-refractivity contribution in [3.8, 4) is 0 Å². The largest absolute Gasteiger partial charge is 0.295 e. The average molecular weight is 301 g/mol. The van der Waals surface area contributed by atoms with Gasteiger partial charge in [-0.05, 0) is 33.3 Å². The molecule has 0 saturated carbocycles. The Morgan fingerprint density at radius 1 is 1.27 bits per heavy atom. The Bertz CT molecular complexity index is 818. The summed E-state index contributed by atoms with van der Waals surface area (Å²) >= 11 is 0. The van der Waals surface area contributed by atoms with Gasteiger partial charge < -0.3 is 0 Å². The Morgan fingerprint density at radius 2 is 2.00 bits per heavy atom. The topological polar surface area (TPSA) is 81.1 Å². The molecule has 1 aromatic rings. The van der Waals surface area contributed by atoms with Crippen molar-refractivity contribution in [1.29, 1.82) is 0 Å². The molecule has 0 aliphatic carbocycles. The zero-order valence-corrected chi connectivity index (χ0v) is 12.9. The Balaban J connectivity index is 2.71. The van der Waals surface area contributed by atoms with E-state index in [1.807, 2.05) is 19.9 Å². The van der Waals surface area contributed by atoms with E-state index in [9.17, 15) is 14.4 Å². The first kappa shape index (κ1) is 15.9. The molecule has 1 fully saturated rings. The third kappa shape index (κ3) is 2.90. The third-order valence-electron chi connectivity index (χ3n) is 3.61. The van der Waals surface area contributed by atoms with Crippen molar-refractivity contribution in [3.05, 3.63) is 38.9 Å². The van der Waals surface area contributed by atoms with E-state index >= 15 is 0 Å². The van der Waals surface area contributed by atoms with Gasteiger partial charge in [0.2, 0.25) is 11.8 Å². The number of aryl methyl sites for hydroxylation is 1. The highest BCUT2D eigenvalue weighted by Gasteiger charge is 2.30. The van der Waals surface area contributed by atoms with Crippen molar-refractivity contribution in [2.75, 3.05) is 0 Å². The molecule has 0 radical (unpaired) electrons. The molecule has 2 rings (SSSR count). The standard InChI is InChI=1S/C16H19N3O3/c1-4-6-7-11-12(5-2)17-10(3)19(16(11)22)13-8-9-14(20)18-15(13)21/h4-7,13H,8-9H2,1-3H3,(H,18,20,21)/b6-4-,11-7+,12-5+. The van der Waals surface area contributed by atoms with Crippen LogP contribution in [0, 0.1) is 6.92 Å². The van der Waals surface area contributed by atoms with Crippen LogP contribution in [-0.2, 0) is 9.59 Å². The summed E-state index contributed by atoms with van der Waals surface area (Å²) in [7, 11) is 0. The number of hydrogen-bond donors (Lipinski definition) is 1. The van der Waals surface area contributed by atoms with Gasteiger partial charge in [-0.25, -0.2) is 4.98 Å². The summed E-state index contributed by atoms with van der Waals surface area (Å²) in [6.07, 6.45) is 7.55.